The van der Waals surface area contributed by atoms with Gasteiger partial charge in [-0.1, -0.05) is 12.1 Å². The van der Waals surface area contributed by atoms with E-state index < -0.39 is 0 Å². The highest BCUT2D eigenvalue weighted by Gasteiger charge is 2.13. The predicted molar refractivity (Wildman–Crippen MR) is 107 cm³/mol. The lowest BCUT2D eigenvalue weighted by atomic mass is 10.1. The molecule has 0 saturated heterocycles. The molecule has 2 aromatic carbocycles. The summed E-state index contributed by atoms with van der Waals surface area (Å²) in [5, 5.41) is 4.40. The van der Waals surface area contributed by atoms with Gasteiger partial charge in [-0.15, -0.1) is 0 Å². The first-order valence-electron chi connectivity index (χ1n) is 8.69. The normalized spacial score (nSPS) is 11.0. The molecule has 0 aliphatic heterocycles. The molecule has 4 aromatic rings. The molecule has 0 fully saturated rings. The topological polar surface area (TPSA) is 39.1 Å². The molecule has 0 aliphatic carbocycles. The number of nitrogens with one attached hydrogen (secondary N) is 1. The standard InChI is InChI=1S/C22H20FN3O/c1-14-11-17(27-3)7-8-19(14)25-22-18-13-21(15-5-4-6-16(23)12-15)26(2)20(18)9-10-24-22/h4-13H,1-3H3,(H,24,25). The predicted octanol–water partition coefficient (Wildman–Crippen LogP) is 5.44. The number of hydrogen-bond acceptors (Lipinski definition) is 3. The average molecular weight is 361 g/mol. The van der Waals surface area contributed by atoms with Crippen molar-refractivity contribution in [3.63, 3.8) is 0 Å². The van der Waals surface area contributed by atoms with Crippen LogP contribution in [0.3, 0.4) is 0 Å². The summed E-state index contributed by atoms with van der Waals surface area (Å²) in [6.45, 7) is 2.02. The van der Waals surface area contributed by atoms with E-state index in [0.717, 1.165) is 45.0 Å². The molecule has 0 spiro atoms. The van der Waals surface area contributed by atoms with E-state index in [1.165, 1.54) is 6.07 Å². The van der Waals surface area contributed by atoms with Crippen molar-refractivity contribution >= 4 is 22.4 Å². The molecule has 5 heteroatoms. The molecule has 0 aliphatic rings. The Morgan fingerprint density at radius 2 is 1.93 bits per heavy atom. The lowest BCUT2D eigenvalue weighted by molar-refractivity contribution is 0.414. The van der Waals surface area contributed by atoms with Gasteiger partial charge in [0.15, 0.2) is 0 Å². The SMILES string of the molecule is COc1ccc(Nc2nccc3c2cc(-c2cccc(F)c2)n3C)c(C)c1. The fourth-order valence-corrected chi connectivity index (χ4v) is 3.32. The van der Waals surface area contributed by atoms with Crippen LogP contribution in [-0.2, 0) is 7.05 Å². The van der Waals surface area contributed by atoms with E-state index in [0.29, 0.717) is 0 Å². The number of rotatable bonds is 4. The Morgan fingerprint density at radius 3 is 2.67 bits per heavy atom. The van der Waals surface area contributed by atoms with E-state index in [-0.39, 0.29) is 5.82 Å². The van der Waals surface area contributed by atoms with E-state index in [9.17, 15) is 4.39 Å². The van der Waals surface area contributed by atoms with Gasteiger partial charge in [-0.05, 0) is 55.0 Å². The Labute approximate surface area is 157 Å². The van der Waals surface area contributed by atoms with Crippen LogP contribution in [0.15, 0.2) is 60.8 Å². The summed E-state index contributed by atoms with van der Waals surface area (Å²) in [5.41, 5.74) is 4.83. The van der Waals surface area contributed by atoms with Gasteiger partial charge in [0.25, 0.3) is 0 Å². The molecule has 0 atom stereocenters. The highest BCUT2D eigenvalue weighted by molar-refractivity contribution is 5.96. The summed E-state index contributed by atoms with van der Waals surface area (Å²) in [7, 11) is 3.63. The van der Waals surface area contributed by atoms with Gasteiger partial charge in [0.2, 0.25) is 0 Å². The largest absolute Gasteiger partial charge is 0.497 e. The Kier molecular flexibility index (Phi) is 4.28. The number of aromatic nitrogens is 2. The Morgan fingerprint density at radius 1 is 1.07 bits per heavy atom. The minimum absolute atomic E-state index is 0.247. The summed E-state index contributed by atoms with van der Waals surface area (Å²) in [4.78, 5) is 4.52. The molecule has 0 saturated carbocycles. The second-order valence-corrected chi connectivity index (χ2v) is 6.50. The first kappa shape index (κ1) is 17.1. The molecule has 4 nitrogen and oxygen atoms in total. The second-order valence-electron chi connectivity index (χ2n) is 6.50. The van der Waals surface area contributed by atoms with Gasteiger partial charge in [-0.3, -0.25) is 0 Å². The minimum atomic E-state index is -0.247. The Bertz CT molecular complexity index is 1130. The maximum absolute atomic E-state index is 13.7. The number of fused-ring (bicyclic) bond motifs is 1. The van der Waals surface area contributed by atoms with Crippen LogP contribution >= 0.6 is 0 Å². The summed E-state index contributed by atoms with van der Waals surface area (Å²) < 4.78 is 21.0. The molecule has 2 aromatic heterocycles. The molecular weight excluding hydrogens is 341 g/mol. The van der Waals surface area contributed by atoms with Gasteiger partial charge < -0.3 is 14.6 Å². The first-order valence-corrected chi connectivity index (χ1v) is 8.69. The number of benzene rings is 2. The highest BCUT2D eigenvalue weighted by Crippen LogP contribution is 2.33. The minimum Gasteiger partial charge on any atom is -0.497 e. The van der Waals surface area contributed by atoms with Crippen LogP contribution < -0.4 is 10.1 Å². The zero-order valence-electron chi connectivity index (χ0n) is 15.5. The van der Waals surface area contributed by atoms with Crippen molar-refractivity contribution in [2.75, 3.05) is 12.4 Å². The third kappa shape index (κ3) is 3.12. The van der Waals surface area contributed by atoms with Crippen molar-refractivity contribution in [1.82, 2.24) is 9.55 Å². The average Bonchev–Trinajstić information content (AvgIpc) is 3.01. The van der Waals surface area contributed by atoms with Crippen molar-refractivity contribution in [2.24, 2.45) is 7.05 Å². The summed E-state index contributed by atoms with van der Waals surface area (Å²) in [6, 6.07) is 16.5. The number of hydrogen-bond donors (Lipinski definition) is 1. The molecule has 27 heavy (non-hydrogen) atoms. The molecule has 0 amide bonds. The number of aryl methyl sites for hydroxylation is 2. The van der Waals surface area contributed by atoms with Crippen molar-refractivity contribution < 1.29 is 9.13 Å². The fourth-order valence-electron chi connectivity index (χ4n) is 3.32. The molecule has 136 valence electrons. The molecule has 0 radical (unpaired) electrons. The van der Waals surface area contributed by atoms with E-state index >= 15 is 0 Å². The van der Waals surface area contributed by atoms with Crippen LogP contribution in [-0.4, -0.2) is 16.7 Å². The van der Waals surface area contributed by atoms with Crippen LogP contribution in [0.25, 0.3) is 22.2 Å². The number of nitrogens with zero attached hydrogens (tertiary/aromatic N) is 2. The molecule has 4 rings (SSSR count). The van der Waals surface area contributed by atoms with Crippen LogP contribution in [0.1, 0.15) is 5.56 Å². The first-order chi connectivity index (χ1) is 13.1. The van der Waals surface area contributed by atoms with E-state index in [1.54, 1.807) is 25.4 Å². The van der Waals surface area contributed by atoms with Gasteiger partial charge in [0.1, 0.15) is 17.4 Å². The number of pyridine rings is 1. The second kappa shape index (κ2) is 6.76. The van der Waals surface area contributed by atoms with E-state index in [1.807, 2.05) is 50.4 Å². The molecule has 1 N–H and O–H groups in total. The molecule has 0 bridgehead atoms. The Hall–Kier alpha value is -3.34. The summed E-state index contributed by atoms with van der Waals surface area (Å²) in [6.07, 6.45) is 1.78. The van der Waals surface area contributed by atoms with Crippen molar-refractivity contribution in [1.29, 1.82) is 0 Å². The van der Waals surface area contributed by atoms with E-state index in [4.69, 9.17) is 4.74 Å². The smallest absolute Gasteiger partial charge is 0.139 e. The lowest BCUT2D eigenvalue weighted by Crippen LogP contribution is -1.97. The van der Waals surface area contributed by atoms with Crippen molar-refractivity contribution in [3.8, 4) is 17.0 Å². The van der Waals surface area contributed by atoms with Crippen LogP contribution in [0.2, 0.25) is 0 Å². The Balaban J connectivity index is 1.80. The van der Waals surface area contributed by atoms with Crippen molar-refractivity contribution in [2.45, 2.75) is 6.92 Å². The molecule has 2 heterocycles. The quantitative estimate of drug-likeness (QED) is 0.526. The molecule has 0 unspecified atom stereocenters. The van der Waals surface area contributed by atoms with Gasteiger partial charge in [-0.2, -0.15) is 0 Å². The maximum atomic E-state index is 13.7. The third-order valence-electron chi connectivity index (χ3n) is 4.78. The fraction of sp³-hybridized carbons (Fsp3) is 0.136. The lowest BCUT2D eigenvalue weighted by Gasteiger charge is -2.11. The zero-order chi connectivity index (χ0) is 19.0. The van der Waals surface area contributed by atoms with Crippen LogP contribution in [0.4, 0.5) is 15.9 Å². The van der Waals surface area contributed by atoms with Gasteiger partial charge in [0.05, 0.1) is 12.6 Å². The van der Waals surface area contributed by atoms with Gasteiger partial charge in [-0.25, -0.2) is 9.37 Å². The number of anilines is 2. The highest BCUT2D eigenvalue weighted by atomic mass is 19.1. The monoisotopic (exact) mass is 361 g/mol. The maximum Gasteiger partial charge on any atom is 0.139 e. The van der Waals surface area contributed by atoms with Gasteiger partial charge in [0, 0.05) is 35.6 Å². The van der Waals surface area contributed by atoms with Crippen molar-refractivity contribution in [3.05, 3.63) is 72.2 Å². The zero-order valence-corrected chi connectivity index (χ0v) is 15.5. The van der Waals surface area contributed by atoms with Crippen LogP contribution in [0, 0.1) is 12.7 Å². The van der Waals surface area contributed by atoms with E-state index in [2.05, 4.69) is 14.9 Å². The molecular formula is C22H20FN3O. The number of halogens is 1. The van der Waals surface area contributed by atoms with Gasteiger partial charge >= 0.3 is 0 Å². The summed E-state index contributed by atoms with van der Waals surface area (Å²) >= 11 is 0. The number of methoxy groups -OCH3 is 1. The number of ether oxygens (including phenoxy) is 1. The summed E-state index contributed by atoms with van der Waals surface area (Å²) in [5.74, 6) is 1.33. The van der Waals surface area contributed by atoms with Crippen LogP contribution in [0.5, 0.6) is 5.75 Å². The third-order valence-corrected chi connectivity index (χ3v) is 4.78.